The van der Waals surface area contributed by atoms with Crippen LogP contribution in [-0.2, 0) is 25.5 Å². The molecule has 0 bridgehead atoms. The van der Waals surface area contributed by atoms with E-state index in [1.807, 2.05) is 31.2 Å². The number of ether oxygens (including phenoxy) is 2. The van der Waals surface area contributed by atoms with Crippen molar-refractivity contribution in [2.75, 3.05) is 39.4 Å². The number of carbonyl (C=O) groups is 2. The van der Waals surface area contributed by atoms with E-state index in [4.69, 9.17) is 32.7 Å². The minimum Gasteiger partial charge on any atom is -0.379 e. The van der Waals surface area contributed by atoms with Crippen molar-refractivity contribution in [1.29, 1.82) is 0 Å². The van der Waals surface area contributed by atoms with E-state index in [0.29, 0.717) is 49.2 Å². The summed E-state index contributed by atoms with van der Waals surface area (Å²) in [5.74, 6) is -0.851. The Labute approximate surface area is 268 Å². The number of morpholine rings is 2. The zero-order valence-corrected chi connectivity index (χ0v) is 26.3. The summed E-state index contributed by atoms with van der Waals surface area (Å²) < 4.78 is 25.8. The number of rotatable bonds is 11. The summed E-state index contributed by atoms with van der Waals surface area (Å²) in [5, 5.41) is 4.25. The van der Waals surface area contributed by atoms with Crippen LogP contribution in [0.15, 0.2) is 72.8 Å². The average molecular weight is 643 g/mol. The molecule has 2 aliphatic rings. The molecule has 7 nitrogen and oxygen atoms in total. The molecule has 1 unspecified atom stereocenters. The topological polar surface area (TPSA) is 71.1 Å². The number of hydrogen-bond donors (Lipinski definition) is 1. The van der Waals surface area contributed by atoms with Crippen molar-refractivity contribution in [3.8, 4) is 0 Å². The van der Waals surface area contributed by atoms with Crippen molar-refractivity contribution in [3.63, 3.8) is 0 Å². The second-order valence-corrected chi connectivity index (χ2v) is 12.1. The van der Waals surface area contributed by atoms with Gasteiger partial charge in [0.15, 0.2) is 0 Å². The monoisotopic (exact) mass is 641 g/mol. The molecule has 3 aromatic rings. The number of nitrogens with zero attached hydrogens (tertiary/aromatic N) is 2. The summed E-state index contributed by atoms with van der Waals surface area (Å²) in [4.78, 5) is 32.4. The zero-order valence-electron chi connectivity index (χ0n) is 24.8. The van der Waals surface area contributed by atoms with Crippen LogP contribution in [0, 0.1) is 5.82 Å². The van der Waals surface area contributed by atoms with E-state index in [1.54, 1.807) is 41.3 Å². The molecule has 1 N–H and O–H groups in total. The van der Waals surface area contributed by atoms with Gasteiger partial charge in [0, 0.05) is 42.6 Å². The number of benzene rings is 3. The Balaban J connectivity index is 1.52. The van der Waals surface area contributed by atoms with E-state index in [-0.39, 0.29) is 24.1 Å². The van der Waals surface area contributed by atoms with Crippen LogP contribution in [0.3, 0.4) is 0 Å². The van der Waals surface area contributed by atoms with Crippen LogP contribution in [-0.4, -0.2) is 73.2 Å². The van der Waals surface area contributed by atoms with Crippen molar-refractivity contribution >= 4 is 35.0 Å². The SMILES string of the molecule is CCCC(C(=O)NCCN1CCOCC1)N1C(=O)[C@@H](Cc2ccc(F)cc2)O[C@H](c2ccc(Cl)cc2)[C@@H]1c1ccc(Cl)cc1. The summed E-state index contributed by atoms with van der Waals surface area (Å²) >= 11 is 12.5. The van der Waals surface area contributed by atoms with Crippen molar-refractivity contribution in [3.05, 3.63) is 105 Å². The summed E-state index contributed by atoms with van der Waals surface area (Å²) in [6.45, 7) is 6.17. The quantitative estimate of drug-likeness (QED) is 0.278. The van der Waals surface area contributed by atoms with E-state index in [1.165, 1.54) is 12.1 Å². The van der Waals surface area contributed by atoms with Crippen molar-refractivity contribution in [1.82, 2.24) is 15.1 Å². The van der Waals surface area contributed by atoms with Gasteiger partial charge in [-0.2, -0.15) is 0 Å². The van der Waals surface area contributed by atoms with Crippen molar-refractivity contribution < 1.29 is 23.5 Å². The van der Waals surface area contributed by atoms with Gasteiger partial charge in [-0.25, -0.2) is 4.39 Å². The van der Waals surface area contributed by atoms with Gasteiger partial charge in [0.1, 0.15) is 24.1 Å². The van der Waals surface area contributed by atoms with Gasteiger partial charge in [0.25, 0.3) is 5.91 Å². The first-order valence-electron chi connectivity index (χ1n) is 15.1. The van der Waals surface area contributed by atoms with Crippen LogP contribution in [0.25, 0.3) is 0 Å². The van der Waals surface area contributed by atoms with Gasteiger partial charge in [0.2, 0.25) is 5.91 Å². The van der Waals surface area contributed by atoms with Gasteiger partial charge in [-0.3, -0.25) is 14.5 Å². The molecule has 3 aromatic carbocycles. The molecule has 2 saturated heterocycles. The number of halogens is 3. The molecule has 0 spiro atoms. The fraction of sp³-hybridized carbons (Fsp3) is 0.412. The van der Waals surface area contributed by atoms with Crippen LogP contribution < -0.4 is 5.32 Å². The maximum Gasteiger partial charge on any atom is 0.253 e. The molecule has 0 aromatic heterocycles. The predicted octanol–water partition coefficient (Wildman–Crippen LogP) is 6.00. The number of nitrogens with one attached hydrogen (secondary N) is 1. The lowest BCUT2D eigenvalue weighted by Crippen LogP contribution is -2.59. The Morgan fingerprint density at radius 2 is 1.57 bits per heavy atom. The van der Waals surface area contributed by atoms with Gasteiger partial charge in [-0.1, -0.05) is 72.9 Å². The molecule has 2 aliphatic heterocycles. The minimum atomic E-state index is -0.898. The summed E-state index contributed by atoms with van der Waals surface area (Å²) in [6.07, 6.45) is -0.129. The molecule has 0 aliphatic carbocycles. The van der Waals surface area contributed by atoms with Crippen LogP contribution in [0.5, 0.6) is 0 Å². The normalized spacial score (nSPS) is 21.7. The molecule has 4 atom stereocenters. The number of hydrogen-bond acceptors (Lipinski definition) is 5. The molecular weight excluding hydrogens is 604 g/mol. The predicted molar refractivity (Wildman–Crippen MR) is 169 cm³/mol. The lowest BCUT2D eigenvalue weighted by atomic mass is 9.88. The highest BCUT2D eigenvalue weighted by atomic mass is 35.5. The van der Waals surface area contributed by atoms with E-state index < -0.39 is 24.3 Å². The lowest BCUT2D eigenvalue weighted by molar-refractivity contribution is -0.181. The highest BCUT2D eigenvalue weighted by Gasteiger charge is 2.48. The van der Waals surface area contributed by atoms with Crippen LogP contribution in [0.4, 0.5) is 4.39 Å². The molecule has 0 saturated carbocycles. The second kappa shape index (κ2) is 15.3. The molecule has 2 amide bonds. The van der Waals surface area contributed by atoms with Crippen LogP contribution in [0.2, 0.25) is 10.0 Å². The summed E-state index contributed by atoms with van der Waals surface area (Å²) in [7, 11) is 0. The van der Waals surface area contributed by atoms with Crippen LogP contribution >= 0.6 is 23.2 Å². The standard InChI is InChI=1S/C34H38Cl2FN3O4/c1-2-3-29(33(41)38-16-17-39-18-20-43-21-19-39)40-31(24-6-10-26(35)11-7-24)32(25-8-12-27(36)13-9-25)44-30(34(40)42)22-23-4-14-28(37)15-5-23/h4-15,29-32H,2-3,16-22H2,1H3,(H,38,41)/t29?,30-,31+,32-/m1/s1. The first kappa shape index (κ1) is 32.4. The Morgan fingerprint density at radius 3 is 2.18 bits per heavy atom. The molecule has 44 heavy (non-hydrogen) atoms. The van der Waals surface area contributed by atoms with Gasteiger partial charge in [0.05, 0.1) is 19.3 Å². The smallest absolute Gasteiger partial charge is 0.253 e. The summed E-state index contributed by atoms with van der Waals surface area (Å²) in [5.41, 5.74) is 2.37. The molecule has 2 heterocycles. The average Bonchev–Trinajstić information content (AvgIpc) is 3.03. The minimum absolute atomic E-state index is 0.204. The van der Waals surface area contributed by atoms with E-state index in [0.717, 1.165) is 29.8 Å². The first-order chi connectivity index (χ1) is 21.3. The highest BCUT2D eigenvalue weighted by Crippen LogP contribution is 2.44. The maximum atomic E-state index is 14.5. The highest BCUT2D eigenvalue weighted by molar-refractivity contribution is 6.30. The lowest BCUT2D eigenvalue weighted by Gasteiger charge is -2.47. The third-order valence-corrected chi connectivity index (χ3v) is 8.71. The molecule has 2 fully saturated rings. The van der Waals surface area contributed by atoms with Gasteiger partial charge >= 0.3 is 0 Å². The van der Waals surface area contributed by atoms with Crippen molar-refractivity contribution in [2.45, 2.75) is 50.5 Å². The number of carbonyl (C=O) groups excluding carboxylic acids is 2. The summed E-state index contributed by atoms with van der Waals surface area (Å²) in [6, 6.07) is 19.3. The fourth-order valence-corrected chi connectivity index (χ4v) is 6.19. The van der Waals surface area contributed by atoms with Gasteiger partial charge in [-0.05, 0) is 59.5 Å². The Morgan fingerprint density at radius 1 is 0.955 bits per heavy atom. The second-order valence-electron chi connectivity index (χ2n) is 11.2. The molecular formula is C34H38Cl2FN3O4. The molecule has 234 valence electrons. The maximum absolute atomic E-state index is 14.5. The third-order valence-electron chi connectivity index (χ3n) is 8.20. The van der Waals surface area contributed by atoms with Gasteiger partial charge < -0.3 is 19.7 Å². The Kier molecular flexibility index (Phi) is 11.3. The molecule has 5 rings (SSSR count). The fourth-order valence-electron chi connectivity index (χ4n) is 5.93. The Bertz CT molecular complexity index is 1390. The Hall–Kier alpha value is -3.01. The largest absolute Gasteiger partial charge is 0.379 e. The first-order valence-corrected chi connectivity index (χ1v) is 15.9. The van der Waals surface area contributed by atoms with E-state index in [9.17, 15) is 14.0 Å². The zero-order chi connectivity index (χ0) is 31.1. The van der Waals surface area contributed by atoms with E-state index >= 15 is 0 Å². The molecule has 0 radical (unpaired) electrons. The molecule has 10 heteroatoms. The van der Waals surface area contributed by atoms with Crippen molar-refractivity contribution in [2.24, 2.45) is 0 Å². The van der Waals surface area contributed by atoms with Gasteiger partial charge in [-0.15, -0.1) is 0 Å². The van der Waals surface area contributed by atoms with E-state index in [2.05, 4.69) is 10.2 Å². The third kappa shape index (κ3) is 7.98. The van der Waals surface area contributed by atoms with Crippen LogP contribution in [0.1, 0.15) is 48.6 Å². The number of amides is 2.